The summed E-state index contributed by atoms with van der Waals surface area (Å²) in [6.07, 6.45) is 1.51. The molecule has 2 aliphatic rings. The summed E-state index contributed by atoms with van der Waals surface area (Å²) in [4.78, 5) is 28.1. The minimum atomic E-state index is -1.49. The van der Waals surface area contributed by atoms with Crippen LogP contribution in [0.5, 0.6) is 11.5 Å². The number of carboxylic acid groups (broad SMARTS) is 1. The maximum absolute atomic E-state index is 12.1. The average molecular weight is 365 g/mol. The van der Waals surface area contributed by atoms with E-state index in [1.807, 2.05) is 13.1 Å². The Kier molecular flexibility index (Phi) is 4.12. The fourth-order valence-electron chi connectivity index (χ4n) is 3.44. The number of pyridine rings is 1. The zero-order valence-electron chi connectivity index (χ0n) is 13.5. The van der Waals surface area contributed by atoms with Gasteiger partial charge >= 0.3 is 5.97 Å². The van der Waals surface area contributed by atoms with Crippen molar-refractivity contribution in [3.8, 4) is 22.8 Å². The molecule has 0 amide bonds. The van der Waals surface area contributed by atoms with Gasteiger partial charge in [0.15, 0.2) is 17.1 Å². The molecular formula is C17H17ClN2O5. The monoisotopic (exact) mass is 364 g/mol. The van der Waals surface area contributed by atoms with Crippen LogP contribution in [-0.2, 0) is 12.8 Å². The van der Waals surface area contributed by atoms with E-state index < -0.39 is 22.8 Å². The van der Waals surface area contributed by atoms with E-state index >= 15 is 0 Å². The van der Waals surface area contributed by atoms with Crippen molar-refractivity contribution in [3.63, 3.8) is 0 Å². The number of fused-ring (bicyclic) bond motifs is 4. The first-order valence-electron chi connectivity index (χ1n) is 7.70. The van der Waals surface area contributed by atoms with E-state index in [4.69, 9.17) is 9.84 Å². The van der Waals surface area contributed by atoms with Gasteiger partial charge in [-0.15, -0.1) is 12.4 Å². The van der Waals surface area contributed by atoms with Crippen molar-refractivity contribution >= 4 is 24.1 Å². The lowest BCUT2D eigenvalue weighted by Crippen LogP contribution is -2.19. The first-order valence-corrected chi connectivity index (χ1v) is 7.70. The van der Waals surface area contributed by atoms with Gasteiger partial charge in [-0.25, -0.2) is 4.79 Å². The Bertz CT molecular complexity index is 938. The van der Waals surface area contributed by atoms with E-state index in [9.17, 15) is 14.7 Å². The van der Waals surface area contributed by atoms with Crippen LogP contribution in [-0.4, -0.2) is 41.4 Å². The standard InChI is InChI=1S/C17H16N2O5.ClH/c1-19-4-2-9-6-10-8(7-11(9)19)3-5-24-15-13(10)18-16(21)12(14(15)20)17(22)23;/h6-7H,2-5H2,1H3,(H,22,23)(H2,18,20,21);1H. The summed E-state index contributed by atoms with van der Waals surface area (Å²) < 4.78 is 5.57. The minimum absolute atomic E-state index is 0. The fourth-order valence-corrected chi connectivity index (χ4v) is 3.44. The zero-order valence-corrected chi connectivity index (χ0v) is 14.3. The molecule has 8 heteroatoms. The summed E-state index contributed by atoms with van der Waals surface area (Å²) >= 11 is 0. The number of carbonyl (C=O) groups is 1. The number of ether oxygens (including phenoxy) is 1. The number of halogens is 1. The van der Waals surface area contributed by atoms with E-state index in [-0.39, 0.29) is 18.2 Å². The zero-order chi connectivity index (χ0) is 17.0. The quantitative estimate of drug-likeness (QED) is 0.713. The lowest BCUT2D eigenvalue weighted by molar-refractivity contribution is 0.0690. The Labute approximate surface area is 149 Å². The van der Waals surface area contributed by atoms with Gasteiger partial charge in [0.05, 0.1) is 12.3 Å². The Balaban J connectivity index is 0.00000182. The van der Waals surface area contributed by atoms with Crippen molar-refractivity contribution in [2.75, 3.05) is 25.1 Å². The van der Waals surface area contributed by atoms with Crippen LogP contribution in [0, 0.1) is 0 Å². The topological polar surface area (TPSA) is 103 Å². The van der Waals surface area contributed by atoms with Crippen LogP contribution in [0.25, 0.3) is 11.3 Å². The smallest absolute Gasteiger partial charge is 0.345 e. The molecule has 0 saturated carbocycles. The molecule has 0 spiro atoms. The number of carboxylic acids is 1. The average Bonchev–Trinajstić information content (AvgIpc) is 2.78. The molecule has 7 nitrogen and oxygen atoms in total. The van der Waals surface area contributed by atoms with Crippen LogP contribution < -0.4 is 15.2 Å². The molecule has 0 bridgehead atoms. The number of nitrogens with one attached hydrogen (secondary N) is 1. The van der Waals surface area contributed by atoms with Crippen LogP contribution in [0.1, 0.15) is 21.5 Å². The van der Waals surface area contributed by atoms with Crippen molar-refractivity contribution in [2.24, 2.45) is 0 Å². The van der Waals surface area contributed by atoms with Gasteiger partial charge in [-0.2, -0.15) is 0 Å². The predicted octanol–water partition coefficient (Wildman–Crippen LogP) is 1.79. The molecule has 1 aromatic carbocycles. The van der Waals surface area contributed by atoms with Gasteiger partial charge in [0, 0.05) is 31.3 Å². The number of hydrogen-bond donors (Lipinski definition) is 3. The summed E-state index contributed by atoms with van der Waals surface area (Å²) in [6.45, 7) is 1.22. The minimum Gasteiger partial charge on any atom is -0.503 e. The number of H-pyrrole nitrogens is 1. The number of likely N-dealkylation sites (N-methyl/N-ethyl adjacent to an activating group) is 1. The summed E-state index contributed by atoms with van der Waals surface area (Å²) in [5.41, 5.74) is 2.90. The van der Waals surface area contributed by atoms with Crippen LogP contribution in [0.3, 0.4) is 0 Å². The van der Waals surface area contributed by atoms with E-state index in [2.05, 4.69) is 16.0 Å². The van der Waals surface area contributed by atoms with Gasteiger partial charge in [0.1, 0.15) is 0 Å². The molecule has 132 valence electrons. The summed E-state index contributed by atoms with van der Waals surface area (Å²) in [6, 6.07) is 4.08. The summed E-state index contributed by atoms with van der Waals surface area (Å²) in [5.74, 6) is -2.08. The van der Waals surface area contributed by atoms with Crippen LogP contribution >= 0.6 is 12.4 Å². The normalized spacial score (nSPS) is 14.5. The van der Waals surface area contributed by atoms with Gasteiger partial charge < -0.3 is 24.8 Å². The van der Waals surface area contributed by atoms with Crippen molar-refractivity contribution in [1.82, 2.24) is 4.98 Å². The molecule has 0 saturated heterocycles. The second-order valence-corrected chi connectivity index (χ2v) is 6.10. The van der Waals surface area contributed by atoms with Crippen LogP contribution in [0.2, 0.25) is 0 Å². The number of aromatic hydroxyl groups is 1. The Morgan fingerprint density at radius 2 is 2.04 bits per heavy atom. The highest BCUT2D eigenvalue weighted by Crippen LogP contribution is 2.43. The molecule has 1 aromatic heterocycles. The van der Waals surface area contributed by atoms with Crippen molar-refractivity contribution in [1.29, 1.82) is 0 Å². The molecule has 25 heavy (non-hydrogen) atoms. The Morgan fingerprint density at radius 1 is 1.28 bits per heavy atom. The second kappa shape index (κ2) is 6.00. The maximum atomic E-state index is 12.1. The third-order valence-electron chi connectivity index (χ3n) is 4.68. The van der Waals surface area contributed by atoms with Crippen LogP contribution in [0.15, 0.2) is 16.9 Å². The van der Waals surface area contributed by atoms with E-state index in [0.29, 0.717) is 18.7 Å². The first kappa shape index (κ1) is 17.2. The van der Waals surface area contributed by atoms with Gasteiger partial charge in [0.2, 0.25) is 0 Å². The lowest BCUT2D eigenvalue weighted by atomic mass is 9.97. The Morgan fingerprint density at radius 3 is 2.76 bits per heavy atom. The lowest BCUT2D eigenvalue weighted by Gasteiger charge is -2.15. The van der Waals surface area contributed by atoms with Gasteiger partial charge in [-0.1, -0.05) is 0 Å². The van der Waals surface area contributed by atoms with E-state index in [1.165, 1.54) is 0 Å². The van der Waals surface area contributed by atoms with Crippen molar-refractivity contribution < 1.29 is 19.7 Å². The summed E-state index contributed by atoms with van der Waals surface area (Å²) in [7, 11) is 2.03. The predicted molar refractivity (Wildman–Crippen MR) is 94.5 cm³/mol. The largest absolute Gasteiger partial charge is 0.503 e. The molecule has 0 unspecified atom stereocenters. The number of hydrogen-bond acceptors (Lipinski definition) is 5. The van der Waals surface area contributed by atoms with E-state index in [0.717, 1.165) is 35.3 Å². The number of anilines is 1. The molecule has 0 aliphatic carbocycles. The second-order valence-electron chi connectivity index (χ2n) is 6.10. The molecule has 2 aliphatic heterocycles. The maximum Gasteiger partial charge on any atom is 0.345 e. The summed E-state index contributed by atoms with van der Waals surface area (Å²) in [5, 5.41) is 19.4. The molecular weight excluding hydrogens is 348 g/mol. The van der Waals surface area contributed by atoms with Crippen LogP contribution in [0.4, 0.5) is 5.69 Å². The first-order chi connectivity index (χ1) is 11.5. The molecule has 0 fully saturated rings. The fraction of sp³-hybridized carbons (Fsp3) is 0.294. The molecule has 3 N–H and O–H groups in total. The van der Waals surface area contributed by atoms with E-state index in [1.54, 1.807) is 0 Å². The number of rotatable bonds is 1. The third-order valence-corrected chi connectivity index (χ3v) is 4.68. The van der Waals surface area contributed by atoms with Crippen molar-refractivity contribution in [2.45, 2.75) is 12.8 Å². The van der Waals surface area contributed by atoms with Gasteiger partial charge in [-0.3, -0.25) is 4.79 Å². The number of aromatic nitrogens is 1. The molecule has 0 radical (unpaired) electrons. The third kappa shape index (κ3) is 2.51. The highest BCUT2D eigenvalue weighted by molar-refractivity contribution is 5.93. The number of benzene rings is 1. The van der Waals surface area contributed by atoms with Gasteiger partial charge in [0.25, 0.3) is 5.56 Å². The van der Waals surface area contributed by atoms with Crippen molar-refractivity contribution in [3.05, 3.63) is 39.2 Å². The highest BCUT2D eigenvalue weighted by Gasteiger charge is 2.28. The highest BCUT2D eigenvalue weighted by atomic mass is 35.5. The molecule has 4 rings (SSSR count). The number of aromatic carboxylic acids is 1. The number of aromatic amines is 1. The molecule has 3 heterocycles. The molecule has 2 aromatic rings. The SMILES string of the molecule is CN1CCc2cc3c(cc21)CCOc1c-3[nH]c(=O)c(C(=O)O)c1O.Cl. The van der Waals surface area contributed by atoms with Gasteiger partial charge in [-0.05, 0) is 29.7 Å². The Hall–Kier alpha value is -2.67. The molecule has 0 atom stereocenters. The number of nitrogens with zero attached hydrogens (tertiary/aromatic N) is 1.